The summed E-state index contributed by atoms with van der Waals surface area (Å²) in [5.41, 5.74) is -2.40. The number of hydrogen-bond acceptors (Lipinski definition) is 14. The summed E-state index contributed by atoms with van der Waals surface area (Å²) < 4.78 is 35.9. The van der Waals surface area contributed by atoms with E-state index in [0.717, 1.165) is 70.6 Å². The first-order valence-corrected chi connectivity index (χ1v) is 22.0. The molecule has 12 bridgehead atoms. The number of carbonyl (C=O) groups excluding carboxylic acids is 5. The van der Waals surface area contributed by atoms with E-state index < -0.39 is 32.7 Å². The lowest BCUT2D eigenvalue weighted by molar-refractivity contribution is -0.432. The predicted molar refractivity (Wildman–Crippen MR) is 194 cm³/mol. The van der Waals surface area contributed by atoms with Gasteiger partial charge in [-0.15, -0.1) is 4.33 Å². The SMILES string of the molecule is CC(C)(SOOO)C(=O)OCC12CC3CC(C1)C1(OCC(COC(=O)C45CC6CC(C4)C(=O)C(C6)C5)(COC(=O)C45CC6CC(C4)C(=O)C(C6)C5)CO1)C(C3)C2. The van der Waals surface area contributed by atoms with Crippen LogP contribution >= 0.6 is 12.0 Å². The molecule has 6 atom stereocenters. The third-order valence-electron chi connectivity index (χ3n) is 16.8. The predicted octanol–water partition coefficient (Wildman–Crippen LogP) is 5.81. The van der Waals surface area contributed by atoms with E-state index in [-0.39, 0.29) is 85.9 Å². The van der Waals surface area contributed by atoms with E-state index in [1.165, 1.54) is 0 Å². The second-order valence-electron chi connectivity index (χ2n) is 21.2. The number of esters is 3. The van der Waals surface area contributed by atoms with Crippen LogP contribution in [0.5, 0.6) is 0 Å². The van der Waals surface area contributed by atoms with Crippen molar-refractivity contribution in [2.75, 3.05) is 33.0 Å². The Labute approximate surface area is 331 Å². The third-order valence-corrected chi connectivity index (χ3v) is 17.5. The molecule has 0 radical (unpaired) electrons. The van der Waals surface area contributed by atoms with Crippen molar-refractivity contribution in [2.45, 2.75) is 121 Å². The van der Waals surface area contributed by atoms with E-state index in [9.17, 15) is 24.0 Å². The van der Waals surface area contributed by atoms with Crippen molar-refractivity contribution in [3.63, 3.8) is 0 Å². The molecule has 1 heterocycles. The Hall–Kier alpha value is -2.10. The largest absolute Gasteiger partial charge is 0.464 e. The maximum atomic E-state index is 14.1. The second kappa shape index (κ2) is 13.2. The minimum absolute atomic E-state index is 0.0130. The van der Waals surface area contributed by atoms with Crippen molar-refractivity contribution in [1.29, 1.82) is 0 Å². The van der Waals surface area contributed by atoms with Gasteiger partial charge in [0.2, 0.25) is 0 Å². The number of ether oxygens (including phenoxy) is 5. The van der Waals surface area contributed by atoms with Crippen LogP contribution in [-0.4, -0.2) is 78.3 Å². The molecule has 0 aromatic carbocycles. The number of Topliss-reactive ketones (excluding diaryl/α,β-unsaturated/α-hetero) is 2. The van der Waals surface area contributed by atoms with Gasteiger partial charge in [0.05, 0.1) is 48.1 Å². The summed E-state index contributed by atoms with van der Waals surface area (Å²) >= 11 is 0.684. The smallest absolute Gasteiger partial charge is 0.324 e. The standard InChI is InChI=1S/C42H56O13S/c1-37(2,56-55-54-48)34(45)49-18-38-9-25-7-30(16-38)42(31(8-25)17-38)52-21-39(22-53-42,19-50-35(46)40-10-23-3-26(12-40)32(43)27(4-23)13-40)20-51-36(47)41-11-24-5-28(14-41)33(44)29(6-24)15-41/h23-31,48H,3-22H2,1-2H3. The van der Waals surface area contributed by atoms with Crippen LogP contribution in [0.2, 0.25) is 0 Å². The molecule has 0 aromatic rings. The maximum absolute atomic E-state index is 14.1. The van der Waals surface area contributed by atoms with E-state index in [1.54, 1.807) is 13.8 Å². The van der Waals surface area contributed by atoms with E-state index >= 15 is 0 Å². The molecule has 12 saturated carbocycles. The molecule has 308 valence electrons. The molecule has 0 amide bonds. The molecule has 1 aliphatic heterocycles. The van der Waals surface area contributed by atoms with Gasteiger partial charge in [0, 0.05) is 40.9 Å². The summed E-state index contributed by atoms with van der Waals surface area (Å²) in [5, 5.41) is 12.3. The highest BCUT2D eigenvalue weighted by Gasteiger charge is 2.67. The van der Waals surface area contributed by atoms with Crippen molar-refractivity contribution in [3.8, 4) is 0 Å². The molecule has 13 nitrogen and oxygen atoms in total. The van der Waals surface area contributed by atoms with Crippen LogP contribution in [-0.2, 0) is 57.0 Å². The Kier molecular flexibility index (Phi) is 8.99. The number of hydrogen-bond donors (Lipinski definition) is 1. The van der Waals surface area contributed by atoms with Gasteiger partial charge >= 0.3 is 17.9 Å². The highest BCUT2D eigenvalue weighted by molar-refractivity contribution is 7.96. The highest BCUT2D eigenvalue weighted by atomic mass is 32.2. The summed E-state index contributed by atoms with van der Waals surface area (Å²) in [7, 11) is 0. The zero-order valence-corrected chi connectivity index (χ0v) is 33.4. The zero-order chi connectivity index (χ0) is 38.9. The van der Waals surface area contributed by atoms with Crippen LogP contribution in [0.1, 0.15) is 110 Å². The minimum Gasteiger partial charge on any atom is -0.464 e. The molecule has 1 saturated heterocycles. The lowest BCUT2D eigenvalue weighted by Gasteiger charge is -2.65. The van der Waals surface area contributed by atoms with Crippen LogP contribution in [0.3, 0.4) is 0 Å². The molecular formula is C42H56O13S. The third kappa shape index (κ3) is 5.98. The fourth-order valence-corrected chi connectivity index (χ4v) is 15.2. The van der Waals surface area contributed by atoms with Crippen LogP contribution in [0.25, 0.3) is 0 Å². The van der Waals surface area contributed by atoms with Crippen molar-refractivity contribution in [2.24, 2.45) is 74.9 Å². The molecule has 1 spiro atoms. The van der Waals surface area contributed by atoms with E-state index in [4.69, 9.17) is 28.9 Å². The molecule has 56 heavy (non-hydrogen) atoms. The number of ketones is 2. The van der Waals surface area contributed by atoms with Gasteiger partial charge in [-0.2, -0.15) is 0 Å². The first-order valence-electron chi connectivity index (χ1n) is 21.2. The van der Waals surface area contributed by atoms with Gasteiger partial charge in [-0.1, -0.05) is 5.04 Å². The first kappa shape index (κ1) is 38.1. The number of carbonyl (C=O) groups is 5. The Bertz CT molecular complexity index is 1560. The summed E-state index contributed by atoms with van der Waals surface area (Å²) in [6.07, 6.45) is 11.7. The highest BCUT2D eigenvalue weighted by Crippen LogP contribution is 2.66. The molecule has 13 fully saturated rings. The van der Waals surface area contributed by atoms with Gasteiger partial charge in [-0.05, 0) is 128 Å². The van der Waals surface area contributed by atoms with Gasteiger partial charge in [-0.25, -0.2) is 5.26 Å². The molecular weight excluding hydrogens is 745 g/mol. The monoisotopic (exact) mass is 800 g/mol. The van der Waals surface area contributed by atoms with Gasteiger partial charge in [0.1, 0.15) is 29.5 Å². The molecule has 6 unspecified atom stereocenters. The average Bonchev–Trinajstić information content (AvgIpc) is 3.17. The van der Waals surface area contributed by atoms with Crippen molar-refractivity contribution in [1.82, 2.24) is 0 Å². The normalized spacial score (nSPS) is 47.8. The van der Waals surface area contributed by atoms with Crippen molar-refractivity contribution in [3.05, 3.63) is 0 Å². The summed E-state index contributed by atoms with van der Waals surface area (Å²) in [6, 6.07) is 0. The van der Waals surface area contributed by atoms with Gasteiger partial charge < -0.3 is 23.7 Å². The van der Waals surface area contributed by atoms with Gasteiger partial charge in [0.15, 0.2) is 5.79 Å². The second-order valence-corrected chi connectivity index (χ2v) is 22.5. The quantitative estimate of drug-likeness (QED) is 0.0825. The Morgan fingerprint density at radius 1 is 0.661 bits per heavy atom. The molecule has 13 aliphatic rings. The Morgan fingerprint density at radius 3 is 1.59 bits per heavy atom. The van der Waals surface area contributed by atoms with Crippen molar-refractivity contribution < 1.29 is 62.3 Å². The van der Waals surface area contributed by atoms with Crippen LogP contribution in [0.15, 0.2) is 0 Å². The van der Waals surface area contributed by atoms with E-state index in [2.05, 4.69) is 9.37 Å². The fourth-order valence-electron chi connectivity index (χ4n) is 14.8. The maximum Gasteiger partial charge on any atom is 0.324 e. The zero-order valence-electron chi connectivity index (χ0n) is 32.6. The summed E-state index contributed by atoms with van der Waals surface area (Å²) in [5.74, 6) is 0.0189. The number of rotatable bonds is 12. The minimum atomic E-state index is -1.09. The van der Waals surface area contributed by atoms with Crippen molar-refractivity contribution >= 4 is 41.5 Å². The molecule has 13 rings (SSSR count). The lowest BCUT2D eigenvalue weighted by Crippen LogP contribution is -2.68. The van der Waals surface area contributed by atoms with Crippen LogP contribution in [0.4, 0.5) is 0 Å². The van der Waals surface area contributed by atoms with Crippen LogP contribution < -0.4 is 0 Å². The van der Waals surface area contributed by atoms with Gasteiger partial charge in [-0.3, -0.25) is 24.0 Å². The van der Waals surface area contributed by atoms with Gasteiger partial charge in [0.25, 0.3) is 0 Å². The summed E-state index contributed by atoms with van der Waals surface area (Å²) in [6.45, 7) is 3.94. The Morgan fingerprint density at radius 2 is 1.12 bits per heavy atom. The molecule has 14 heteroatoms. The van der Waals surface area contributed by atoms with Crippen LogP contribution in [0, 0.1) is 74.9 Å². The average molecular weight is 801 g/mol. The van der Waals surface area contributed by atoms with E-state index in [0.29, 0.717) is 67.0 Å². The fraction of sp³-hybridized carbons (Fsp3) is 0.881. The topological polar surface area (TPSA) is 170 Å². The molecule has 0 aromatic heterocycles. The lowest BCUT2D eigenvalue weighted by atomic mass is 9.47. The van der Waals surface area contributed by atoms with E-state index in [1.807, 2.05) is 0 Å². The molecule has 1 N–H and O–H groups in total. The summed E-state index contributed by atoms with van der Waals surface area (Å²) in [4.78, 5) is 67.1. The Balaban J connectivity index is 0.845. The first-order chi connectivity index (χ1) is 26.7. The molecule has 12 aliphatic carbocycles.